The van der Waals surface area contributed by atoms with E-state index in [9.17, 15) is 9.59 Å². The van der Waals surface area contributed by atoms with Gasteiger partial charge in [0.2, 0.25) is 11.8 Å². The van der Waals surface area contributed by atoms with Gasteiger partial charge < -0.3 is 10.2 Å². The molecule has 6 heteroatoms. The second-order valence-corrected chi connectivity index (χ2v) is 6.75. The Bertz CT molecular complexity index is 524. The summed E-state index contributed by atoms with van der Waals surface area (Å²) in [7, 11) is 3.45. The van der Waals surface area contributed by atoms with E-state index in [0.717, 1.165) is 17.1 Å². The Morgan fingerprint density at radius 3 is 2.60 bits per heavy atom. The van der Waals surface area contributed by atoms with Crippen LogP contribution in [0.25, 0.3) is 0 Å². The molecule has 1 aromatic rings. The molecule has 1 heterocycles. The van der Waals surface area contributed by atoms with Gasteiger partial charge in [-0.1, -0.05) is 0 Å². The highest BCUT2D eigenvalue weighted by molar-refractivity contribution is 7.11. The monoisotopic (exact) mass is 295 g/mol. The number of thiazole rings is 1. The number of nitrogens with one attached hydrogen (secondary N) is 1. The molecule has 0 bridgehead atoms. The van der Waals surface area contributed by atoms with Crippen LogP contribution in [0.3, 0.4) is 0 Å². The van der Waals surface area contributed by atoms with Gasteiger partial charge in [-0.3, -0.25) is 9.59 Å². The third kappa shape index (κ3) is 3.36. The summed E-state index contributed by atoms with van der Waals surface area (Å²) in [6.07, 6.45) is 1.49. The molecule has 0 aromatic carbocycles. The third-order valence-corrected chi connectivity index (χ3v) is 4.67. The van der Waals surface area contributed by atoms with Gasteiger partial charge in [-0.05, 0) is 20.3 Å². The van der Waals surface area contributed by atoms with Crippen LogP contribution in [0.15, 0.2) is 0 Å². The van der Waals surface area contributed by atoms with E-state index >= 15 is 0 Å². The van der Waals surface area contributed by atoms with Gasteiger partial charge in [0, 0.05) is 31.9 Å². The molecule has 2 amide bonds. The number of aryl methyl sites for hydroxylation is 2. The van der Waals surface area contributed by atoms with Crippen LogP contribution in [0.4, 0.5) is 0 Å². The maximum absolute atomic E-state index is 11.9. The largest absolute Gasteiger partial charge is 0.355 e. The average Bonchev–Trinajstić information content (AvgIpc) is 3.10. The van der Waals surface area contributed by atoms with Crippen LogP contribution in [0.1, 0.15) is 22.0 Å². The normalized spacial score (nSPS) is 20.6. The minimum Gasteiger partial charge on any atom is -0.355 e. The van der Waals surface area contributed by atoms with Crippen LogP contribution >= 0.6 is 11.3 Å². The molecule has 2 atom stereocenters. The van der Waals surface area contributed by atoms with Crippen molar-refractivity contribution in [2.75, 3.05) is 20.6 Å². The number of hydrogen-bond donors (Lipinski definition) is 1. The minimum absolute atomic E-state index is 0.00379. The van der Waals surface area contributed by atoms with Crippen molar-refractivity contribution in [3.8, 4) is 0 Å². The SMILES string of the molecule is Cc1nc(C)c(CCNC(=O)[C@H]2C[C@H]2C(=O)N(C)C)s1. The molecule has 1 aliphatic carbocycles. The average molecular weight is 295 g/mol. The number of aromatic nitrogens is 1. The van der Waals surface area contributed by atoms with Crippen molar-refractivity contribution < 1.29 is 9.59 Å². The lowest BCUT2D eigenvalue weighted by molar-refractivity contribution is -0.132. The molecule has 1 aliphatic rings. The third-order valence-electron chi connectivity index (χ3n) is 3.54. The van der Waals surface area contributed by atoms with Crippen LogP contribution in [-0.2, 0) is 16.0 Å². The van der Waals surface area contributed by atoms with Gasteiger partial charge >= 0.3 is 0 Å². The van der Waals surface area contributed by atoms with Crippen molar-refractivity contribution in [3.63, 3.8) is 0 Å². The van der Waals surface area contributed by atoms with E-state index in [4.69, 9.17) is 0 Å². The number of nitrogens with zero attached hydrogens (tertiary/aromatic N) is 2. The van der Waals surface area contributed by atoms with Crippen molar-refractivity contribution in [2.24, 2.45) is 11.8 Å². The predicted octanol–water partition coefficient (Wildman–Crippen LogP) is 1.14. The molecule has 110 valence electrons. The van der Waals surface area contributed by atoms with Gasteiger partial charge in [-0.15, -0.1) is 11.3 Å². The fourth-order valence-corrected chi connectivity index (χ4v) is 3.26. The second kappa shape index (κ2) is 5.91. The molecule has 20 heavy (non-hydrogen) atoms. The van der Waals surface area contributed by atoms with Crippen LogP contribution < -0.4 is 5.32 Å². The molecule has 0 aliphatic heterocycles. The Morgan fingerprint density at radius 2 is 2.05 bits per heavy atom. The Morgan fingerprint density at radius 1 is 1.35 bits per heavy atom. The van der Waals surface area contributed by atoms with Crippen molar-refractivity contribution in [2.45, 2.75) is 26.7 Å². The molecule has 2 rings (SSSR count). The lowest BCUT2D eigenvalue weighted by atomic mass is 10.2. The van der Waals surface area contributed by atoms with E-state index in [2.05, 4.69) is 10.3 Å². The highest BCUT2D eigenvalue weighted by Crippen LogP contribution is 2.39. The first-order valence-corrected chi connectivity index (χ1v) is 7.63. The van der Waals surface area contributed by atoms with Crippen LogP contribution in [0, 0.1) is 25.7 Å². The highest BCUT2D eigenvalue weighted by Gasteiger charge is 2.48. The van der Waals surface area contributed by atoms with Crippen LogP contribution in [0.2, 0.25) is 0 Å². The summed E-state index contributed by atoms with van der Waals surface area (Å²) in [5.41, 5.74) is 1.05. The predicted molar refractivity (Wildman–Crippen MR) is 78.6 cm³/mol. The topological polar surface area (TPSA) is 62.3 Å². The lowest BCUT2D eigenvalue weighted by Gasteiger charge is -2.09. The summed E-state index contributed by atoms with van der Waals surface area (Å²) < 4.78 is 0. The Hall–Kier alpha value is -1.43. The van der Waals surface area contributed by atoms with E-state index in [1.165, 1.54) is 4.88 Å². The maximum atomic E-state index is 11.9. The van der Waals surface area contributed by atoms with Gasteiger partial charge in [0.05, 0.1) is 22.5 Å². The van der Waals surface area contributed by atoms with Gasteiger partial charge in [0.1, 0.15) is 0 Å². The number of carbonyl (C=O) groups is 2. The molecule has 1 saturated carbocycles. The summed E-state index contributed by atoms with van der Waals surface area (Å²) in [4.78, 5) is 30.8. The van der Waals surface area contributed by atoms with Crippen molar-refractivity contribution >= 4 is 23.2 Å². The smallest absolute Gasteiger partial charge is 0.225 e. The fraction of sp³-hybridized carbons (Fsp3) is 0.643. The second-order valence-electron chi connectivity index (χ2n) is 5.46. The number of hydrogen-bond acceptors (Lipinski definition) is 4. The molecule has 1 N–H and O–H groups in total. The zero-order chi connectivity index (χ0) is 14.9. The summed E-state index contributed by atoms with van der Waals surface area (Å²) in [6, 6.07) is 0. The van der Waals surface area contributed by atoms with E-state index in [-0.39, 0.29) is 23.7 Å². The quantitative estimate of drug-likeness (QED) is 0.886. The Labute approximate surface area is 123 Å². The lowest BCUT2D eigenvalue weighted by Crippen LogP contribution is -2.30. The van der Waals surface area contributed by atoms with Gasteiger partial charge in [0.25, 0.3) is 0 Å². The molecule has 0 spiro atoms. The summed E-state index contributed by atoms with van der Waals surface area (Å²) in [6.45, 7) is 4.59. The van der Waals surface area contributed by atoms with E-state index < -0.39 is 0 Å². The first kappa shape index (κ1) is 15.0. The molecular formula is C14H21N3O2S. The molecule has 1 aromatic heterocycles. The first-order valence-electron chi connectivity index (χ1n) is 6.82. The highest BCUT2D eigenvalue weighted by atomic mass is 32.1. The van der Waals surface area contributed by atoms with E-state index in [1.54, 1.807) is 30.3 Å². The van der Waals surface area contributed by atoms with E-state index in [0.29, 0.717) is 13.0 Å². The van der Waals surface area contributed by atoms with Gasteiger partial charge in [-0.2, -0.15) is 0 Å². The maximum Gasteiger partial charge on any atom is 0.225 e. The minimum atomic E-state index is -0.130. The molecular weight excluding hydrogens is 274 g/mol. The molecule has 0 saturated heterocycles. The molecule has 0 unspecified atom stereocenters. The van der Waals surface area contributed by atoms with Gasteiger partial charge in [0.15, 0.2) is 0 Å². The summed E-state index contributed by atoms with van der Waals surface area (Å²) >= 11 is 1.68. The Kier molecular flexibility index (Phi) is 4.42. The number of rotatable bonds is 5. The van der Waals surface area contributed by atoms with Crippen molar-refractivity contribution in [3.05, 3.63) is 15.6 Å². The first-order chi connectivity index (χ1) is 9.40. The Balaban J connectivity index is 1.74. The van der Waals surface area contributed by atoms with Crippen LogP contribution in [0.5, 0.6) is 0 Å². The zero-order valence-electron chi connectivity index (χ0n) is 12.4. The van der Waals surface area contributed by atoms with Crippen molar-refractivity contribution in [1.29, 1.82) is 0 Å². The van der Waals surface area contributed by atoms with Crippen molar-refractivity contribution in [1.82, 2.24) is 15.2 Å². The number of amides is 2. The molecule has 0 radical (unpaired) electrons. The van der Waals surface area contributed by atoms with Crippen LogP contribution in [-0.4, -0.2) is 42.3 Å². The van der Waals surface area contributed by atoms with E-state index in [1.807, 2.05) is 13.8 Å². The number of carbonyl (C=O) groups excluding carboxylic acids is 2. The fourth-order valence-electron chi connectivity index (χ4n) is 2.33. The standard InChI is InChI=1S/C14H21N3O2S/c1-8-12(20-9(2)16-8)5-6-15-13(18)10-7-11(10)14(19)17(3)4/h10-11H,5-7H2,1-4H3,(H,15,18)/t10-,11+/m0/s1. The molecule has 1 fully saturated rings. The molecule has 5 nitrogen and oxygen atoms in total. The zero-order valence-corrected chi connectivity index (χ0v) is 13.2. The van der Waals surface area contributed by atoms with Gasteiger partial charge in [-0.25, -0.2) is 4.98 Å². The summed E-state index contributed by atoms with van der Waals surface area (Å²) in [5.74, 6) is -0.185. The summed E-state index contributed by atoms with van der Waals surface area (Å²) in [5, 5.41) is 3.98.